The number of rotatable bonds is 4. The van der Waals surface area contributed by atoms with Crippen molar-refractivity contribution in [2.45, 2.75) is 31.2 Å². The molecule has 0 aromatic heterocycles. The summed E-state index contributed by atoms with van der Waals surface area (Å²) in [6.07, 6.45) is 2.25. The Morgan fingerprint density at radius 3 is 2.53 bits per heavy atom. The second kappa shape index (κ2) is 4.99. The van der Waals surface area contributed by atoms with Crippen LogP contribution in [-0.4, -0.2) is 17.8 Å². The Hall–Kier alpha value is -0.540. The van der Waals surface area contributed by atoms with Crippen LogP contribution in [0.1, 0.15) is 25.3 Å². The Balaban J connectivity index is 2.13. The van der Waals surface area contributed by atoms with Gasteiger partial charge >= 0.3 is 0 Å². The van der Waals surface area contributed by atoms with Gasteiger partial charge in [0.1, 0.15) is 5.88 Å². The molecule has 0 saturated heterocycles. The van der Waals surface area contributed by atoms with Crippen molar-refractivity contribution in [3.63, 3.8) is 0 Å². The lowest BCUT2D eigenvalue weighted by Gasteiger charge is -2.25. The van der Waals surface area contributed by atoms with E-state index in [-0.39, 0.29) is 23.2 Å². The Morgan fingerprint density at radius 2 is 2.06 bits per heavy atom. The molecule has 1 atom stereocenters. The number of benzene rings is 1. The quantitative estimate of drug-likeness (QED) is 0.849. The average molecular weight is 317 g/mol. The van der Waals surface area contributed by atoms with Gasteiger partial charge in [0.25, 0.3) is 0 Å². The molecule has 1 saturated carbocycles. The minimum Gasteiger partial charge on any atom is -0.352 e. The van der Waals surface area contributed by atoms with Crippen molar-refractivity contribution in [2.24, 2.45) is 0 Å². The molecule has 0 spiro atoms. The normalized spacial score (nSPS) is 18.5. The summed E-state index contributed by atoms with van der Waals surface area (Å²) >= 11 is 8.95. The first-order chi connectivity index (χ1) is 8.08. The lowest BCUT2D eigenvalue weighted by molar-refractivity contribution is -0.119. The van der Waals surface area contributed by atoms with E-state index in [1.165, 1.54) is 5.56 Å². The van der Waals surface area contributed by atoms with E-state index in [2.05, 4.69) is 40.3 Å². The zero-order valence-corrected chi connectivity index (χ0v) is 12.0. The first-order valence-electron chi connectivity index (χ1n) is 5.70. The number of carbonyl (C=O) groups excluding carboxylic acids is 1. The van der Waals surface area contributed by atoms with Gasteiger partial charge in [-0.2, -0.15) is 0 Å². The number of carbonyl (C=O) groups is 1. The summed E-state index contributed by atoms with van der Waals surface area (Å²) in [7, 11) is 0. The Labute approximate surface area is 115 Å². The zero-order chi connectivity index (χ0) is 12.5. The molecule has 92 valence electrons. The third kappa shape index (κ3) is 2.66. The van der Waals surface area contributed by atoms with E-state index in [0.717, 1.165) is 17.3 Å². The van der Waals surface area contributed by atoms with Crippen molar-refractivity contribution in [1.82, 2.24) is 5.32 Å². The van der Waals surface area contributed by atoms with Gasteiger partial charge in [-0.1, -0.05) is 28.1 Å². The molecule has 2 nitrogen and oxygen atoms in total. The molecule has 17 heavy (non-hydrogen) atoms. The summed E-state index contributed by atoms with van der Waals surface area (Å²) < 4.78 is 1.08. The molecule has 0 heterocycles. The first-order valence-corrected chi connectivity index (χ1v) is 7.02. The summed E-state index contributed by atoms with van der Waals surface area (Å²) in [5.41, 5.74) is 1.41. The third-order valence-electron chi connectivity index (χ3n) is 3.54. The summed E-state index contributed by atoms with van der Waals surface area (Å²) in [4.78, 5) is 11.3. The minimum atomic E-state index is -0.0949. The summed E-state index contributed by atoms with van der Waals surface area (Å²) in [5.74, 6) is -0.0663. The van der Waals surface area contributed by atoms with Gasteiger partial charge in [-0.15, -0.1) is 11.6 Å². The summed E-state index contributed by atoms with van der Waals surface area (Å²) in [6.45, 7) is 2.06. The van der Waals surface area contributed by atoms with Crippen molar-refractivity contribution in [3.8, 4) is 0 Å². The predicted octanol–water partition coefficient (Wildman–Crippen LogP) is 3.22. The highest BCUT2D eigenvalue weighted by Crippen LogP contribution is 2.51. The highest BCUT2D eigenvalue weighted by atomic mass is 79.9. The molecule has 1 aliphatic rings. The SMILES string of the molecule is CC(NC(=O)CCl)C1(c2ccc(Br)cc2)CC1. The van der Waals surface area contributed by atoms with Gasteiger partial charge in [0, 0.05) is 15.9 Å². The van der Waals surface area contributed by atoms with Crippen LogP contribution in [0.3, 0.4) is 0 Å². The van der Waals surface area contributed by atoms with Gasteiger partial charge in [0.2, 0.25) is 5.91 Å². The molecular formula is C13H15BrClNO. The van der Waals surface area contributed by atoms with Crippen LogP contribution in [0.15, 0.2) is 28.7 Å². The van der Waals surface area contributed by atoms with E-state index in [1.54, 1.807) is 0 Å². The monoisotopic (exact) mass is 315 g/mol. The summed E-state index contributed by atoms with van der Waals surface area (Å²) in [6, 6.07) is 8.48. The highest BCUT2D eigenvalue weighted by molar-refractivity contribution is 9.10. The van der Waals surface area contributed by atoms with Gasteiger partial charge in [-0.25, -0.2) is 0 Å². The van der Waals surface area contributed by atoms with Crippen LogP contribution in [0.2, 0.25) is 0 Å². The molecule has 1 amide bonds. The molecule has 1 aromatic carbocycles. The van der Waals surface area contributed by atoms with Crippen molar-refractivity contribution in [3.05, 3.63) is 34.3 Å². The van der Waals surface area contributed by atoms with E-state index in [9.17, 15) is 4.79 Å². The van der Waals surface area contributed by atoms with E-state index in [1.807, 2.05) is 12.1 Å². The second-order valence-electron chi connectivity index (χ2n) is 4.59. The zero-order valence-electron chi connectivity index (χ0n) is 9.67. The number of alkyl halides is 1. The fourth-order valence-electron chi connectivity index (χ4n) is 2.31. The van der Waals surface area contributed by atoms with Crippen molar-refractivity contribution in [2.75, 3.05) is 5.88 Å². The maximum Gasteiger partial charge on any atom is 0.235 e. The van der Waals surface area contributed by atoms with Crippen molar-refractivity contribution in [1.29, 1.82) is 0 Å². The number of hydrogen-bond acceptors (Lipinski definition) is 1. The van der Waals surface area contributed by atoms with Crippen LogP contribution < -0.4 is 5.32 Å². The number of nitrogens with one attached hydrogen (secondary N) is 1. The first kappa shape index (κ1) is 12.9. The standard InChI is InChI=1S/C13H15BrClNO/c1-9(16-12(17)8-15)13(6-7-13)10-2-4-11(14)5-3-10/h2-5,9H,6-8H2,1H3,(H,16,17). The smallest absolute Gasteiger partial charge is 0.235 e. The summed E-state index contributed by atoms with van der Waals surface area (Å²) in [5, 5.41) is 2.96. The molecule has 0 bridgehead atoms. The Kier molecular flexibility index (Phi) is 3.79. The predicted molar refractivity (Wildman–Crippen MR) is 73.4 cm³/mol. The number of amides is 1. The van der Waals surface area contributed by atoms with E-state index < -0.39 is 0 Å². The molecule has 0 radical (unpaired) electrons. The van der Waals surface area contributed by atoms with E-state index >= 15 is 0 Å². The van der Waals surface area contributed by atoms with Crippen LogP contribution in [0.25, 0.3) is 0 Å². The Bertz CT molecular complexity index is 414. The molecule has 1 aliphatic carbocycles. The topological polar surface area (TPSA) is 29.1 Å². The van der Waals surface area contributed by atoms with Gasteiger partial charge in [0.05, 0.1) is 0 Å². The fraction of sp³-hybridized carbons (Fsp3) is 0.462. The largest absolute Gasteiger partial charge is 0.352 e. The second-order valence-corrected chi connectivity index (χ2v) is 5.77. The molecule has 0 aliphatic heterocycles. The Morgan fingerprint density at radius 1 is 1.47 bits per heavy atom. The highest BCUT2D eigenvalue weighted by Gasteiger charge is 2.49. The maximum absolute atomic E-state index is 11.3. The van der Waals surface area contributed by atoms with Crippen LogP contribution in [0.4, 0.5) is 0 Å². The molecule has 2 rings (SSSR count). The van der Waals surface area contributed by atoms with Crippen LogP contribution in [0.5, 0.6) is 0 Å². The van der Waals surface area contributed by atoms with Crippen molar-refractivity contribution >= 4 is 33.4 Å². The number of hydrogen-bond donors (Lipinski definition) is 1. The van der Waals surface area contributed by atoms with E-state index in [4.69, 9.17) is 11.6 Å². The fourth-order valence-corrected chi connectivity index (χ4v) is 2.65. The number of halogens is 2. The molecule has 1 N–H and O–H groups in total. The van der Waals surface area contributed by atoms with Gasteiger partial charge in [-0.3, -0.25) is 4.79 Å². The van der Waals surface area contributed by atoms with Gasteiger partial charge in [-0.05, 0) is 37.5 Å². The van der Waals surface area contributed by atoms with Crippen LogP contribution >= 0.6 is 27.5 Å². The molecule has 4 heteroatoms. The maximum atomic E-state index is 11.3. The van der Waals surface area contributed by atoms with Gasteiger partial charge in [0.15, 0.2) is 0 Å². The van der Waals surface area contributed by atoms with Crippen LogP contribution in [-0.2, 0) is 10.2 Å². The van der Waals surface area contributed by atoms with E-state index in [0.29, 0.717) is 0 Å². The molecule has 1 fully saturated rings. The molecular weight excluding hydrogens is 302 g/mol. The average Bonchev–Trinajstić information content (AvgIpc) is 3.11. The lowest BCUT2D eigenvalue weighted by atomic mass is 9.89. The molecule has 1 aromatic rings. The minimum absolute atomic E-state index is 0.0285. The lowest BCUT2D eigenvalue weighted by Crippen LogP contribution is -2.41. The van der Waals surface area contributed by atoms with Gasteiger partial charge < -0.3 is 5.32 Å². The van der Waals surface area contributed by atoms with Crippen molar-refractivity contribution < 1.29 is 4.79 Å². The third-order valence-corrected chi connectivity index (χ3v) is 4.31. The van der Waals surface area contributed by atoms with Crippen LogP contribution in [0, 0.1) is 0 Å². The molecule has 1 unspecified atom stereocenters.